The third-order valence-electron chi connectivity index (χ3n) is 9.55. The number of nitrogens with one attached hydrogen (secondary N) is 2. The summed E-state index contributed by atoms with van der Waals surface area (Å²) in [5.41, 5.74) is -0.759. The number of amides is 2. The van der Waals surface area contributed by atoms with Gasteiger partial charge in [0.1, 0.15) is 29.4 Å². The van der Waals surface area contributed by atoms with Gasteiger partial charge in [0.15, 0.2) is 17.6 Å². The van der Waals surface area contributed by atoms with Gasteiger partial charge < -0.3 is 45.3 Å². The number of ether oxygens (including phenoxy) is 3. The molecule has 0 aromatic heterocycles. The number of aliphatic hydroxyl groups excluding tert-OH is 2. The molecule has 1 saturated heterocycles. The Hall–Kier alpha value is -4.54. The van der Waals surface area contributed by atoms with Crippen molar-refractivity contribution in [1.29, 1.82) is 0 Å². The molecule has 2 heterocycles. The van der Waals surface area contributed by atoms with Crippen LogP contribution in [0.3, 0.4) is 0 Å². The van der Waals surface area contributed by atoms with Crippen LogP contribution in [0.2, 0.25) is 0 Å². The Kier molecular flexibility index (Phi) is 9.80. The molecule has 5 rings (SSSR count). The van der Waals surface area contributed by atoms with Gasteiger partial charge in [-0.15, -0.1) is 0 Å². The van der Waals surface area contributed by atoms with Crippen molar-refractivity contribution < 1.29 is 63.4 Å². The van der Waals surface area contributed by atoms with Gasteiger partial charge in [0, 0.05) is 31.5 Å². The summed E-state index contributed by atoms with van der Waals surface area (Å²) in [6.07, 6.45) is -3.39. The molecule has 260 valence electrons. The zero-order valence-corrected chi connectivity index (χ0v) is 26.5. The fourth-order valence-corrected chi connectivity index (χ4v) is 7.48. The number of esters is 2. The monoisotopic (exact) mass is 673 g/mol. The highest BCUT2D eigenvalue weighted by atomic mass is 16.6. The second-order valence-electron chi connectivity index (χ2n) is 12.6. The van der Waals surface area contributed by atoms with E-state index in [1.807, 2.05) is 7.05 Å². The average molecular weight is 674 g/mol. The first-order chi connectivity index (χ1) is 22.7. The Labute approximate surface area is 275 Å². The van der Waals surface area contributed by atoms with Gasteiger partial charge in [0.25, 0.3) is 0 Å². The van der Waals surface area contributed by atoms with E-state index in [0.29, 0.717) is 24.9 Å². The highest BCUT2D eigenvalue weighted by Gasteiger charge is 2.74. The highest BCUT2D eigenvalue weighted by molar-refractivity contribution is 5.87. The maximum Gasteiger partial charge on any atom is 0.312 e. The van der Waals surface area contributed by atoms with Crippen molar-refractivity contribution in [3.8, 4) is 11.5 Å². The van der Waals surface area contributed by atoms with Gasteiger partial charge >= 0.3 is 17.9 Å². The number of carbonyl (C=O) groups excluding carboxylic acids is 5. The molecule has 16 heteroatoms. The minimum atomic E-state index is -1.78. The quantitative estimate of drug-likeness (QED) is 0.129. The number of piperidine rings is 1. The van der Waals surface area contributed by atoms with E-state index >= 15 is 0 Å². The number of ketones is 1. The van der Waals surface area contributed by atoms with Gasteiger partial charge in [0.05, 0.1) is 30.7 Å². The Morgan fingerprint density at radius 1 is 1.02 bits per heavy atom. The van der Waals surface area contributed by atoms with Crippen molar-refractivity contribution in [2.75, 3.05) is 26.7 Å². The van der Waals surface area contributed by atoms with E-state index in [1.165, 1.54) is 13.0 Å². The molecule has 6 atom stereocenters. The van der Waals surface area contributed by atoms with Crippen LogP contribution in [0.1, 0.15) is 56.6 Å². The summed E-state index contributed by atoms with van der Waals surface area (Å²) in [4.78, 5) is 74.6. The Balaban J connectivity index is 1.37. The van der Waals surface area contributed by atoms with Crippen LogP contribution in [0.5, 0.6) is 11.5 Å². The topological polar surface area (TPSA) is 238 Å². The zero-order valence-electron chi connectivity index (χ0n) is 26.5. The number of aliphatic carboxylic acids is 1. The molecule has 2 bridgehead atoms. The molecule has 16 nitrogen and oxygen atoms in total. The average Bonchev–Trinajstić information content (AvgIpc) is 3.37. The van der Waals surface area contributed by atoms with Crippen LogP contribution in [0.15, 0.2) is 24.0 Å². The second kappa shape index (κ2) is 13.5. The number of benzene rings is 1. The molecule has 2 amide bonds. The minimum absolute atomic E-state index is 0.114. The van der Waals surface area contributed by atoms with Crippen LogP contribution in [-0.2, 0) is 50.1 Å². The maximum atomic E-state index is 13.5. The lowest BCUT2D eigenvalue weighted by molar-refractivity contribution is -0.206. The van der Waals surface area contributed by atoms with E-state index < -0.39 is 65.5 Å². The SMILES string of the molecule is CC(=O)C[C@H](O)C(=O)NCCC(=O)OC1=CC[C@@]2(OC(=O)CCNC(=O)[C@@H](O)CC(=O)O)[C@H]3Cc4ccc(O)c5c4[C@@]2(CCN3C)[C@H]1O5. The molecule has 4 aliphatic rings. The number of rotatable bonds is 14. The largest absolute Gasteiger partial charge is 0.504 e. The predicted molar refractivity (Wildman–Crippen MR) is 161 cm³/mol. The number of hydrogen-bond donors (Lipinski definition) is 6. The Morgan fingerprint density at radius 2 is 1.67 bits per heavy atom. The van der Waals surface area contributed by atoms with E-state index in [9.17, 15) is 44.1 Å². The van der Waals surface area contributed by atoms with Gasteiger partial charge in [-0.1, -0.05) is 6.07 Å². The van der Waals surface area contributed by atoms with E-state index in [0.717, 1.165) is 5.56 Å². The second-order valence-corrected chi connectivity index (χ2v) is 12.6. The number of carboxylic acids is 1. The molecular formula is C32H39N3O13. The molecule has 0 saturated carbocycles. The molecule has 0 unspecified atom stereocenters. The number of carbonyl (C=O) groups is 6. The standard InChI is InChI=1S/C32H39N3O13/c1-16(36)13-19(38)29(44)33-10-6-24(42)46-21-5-8-32(48-25(43)7-11-34-30(45)20(39)15-23(40)41)22-14-17-3-4-18(37)27-26(17)31(32,28(21)47-27)9-12-35(22)2/h3-5,19-20,22,28,37-39H,6-15H2,1-2H3,(H,33,44)(H,34,45)(H,40,41)/t19-,20-,22+,28-,31-,32+/m0/s1. The van der Waals surface area contributed by atoms with E-state index in [2.05, 4.69) is 15.5 Å². The maximum absolute atomic E-state index is 13.5. The van der Waals surface area contributed by atoms with E-state index in [4.69, 9.17) is 19.3 Å². The number of phenolic OH excluding ortho intramolecular Hbond substituents is 1. The van der Waals surface area contributed by atoms with Crippen LogP contribution in [0.25, 0.3) is 0 Å². The zero-order chi connectivity index (χ0) is 35.0. The number of aliphatic hydroxyl groups is 2. The fraction of sp³-hybridized carbons (Fsp3) is 0.562. The summed E-state index contributed by atoms with van der Waals surface area (Å²) >= 11 is 0. The number of hydrogen-bond acceptors (Lipinski definition) is 13. The summed E-state index contributed by atoms with van der Waals surface area (Å²) in [6.45, 7) is 1.41. The Morgan fingerprint density at radius 3 is 2.31 bits per heavy atom. The highest BCUT2D eigenvalue weighted by Crippen LogP contribution is 2.66. The molecule has 48 heavy (non-hydrogen) atoms. The van der Waals surface area contributed by atoms with Gasteiger partial charge in [-0.05, 0) is 51.1 Å². The first-order valence-corrected chi connectivity index (χ1v) is 15.7. The van der Waals surface area contributed by atoms with Crippen molar-refractivity contribution in [3.05, 3.63) is 35.1 Å². The lowest BCUT2D eigenvalue weighted by atomic mass is 9.50. The van der Waals surface area contributed by atoms with Gasteiger partial charge in [-0.3, -0.25) is 33.7 Å². The van der Waals surface area contributed by atoms with Crippen molar-refractivity contribution in [2.45, 2.75) is 87.2 Å². The van der Waals surface area contributed by atoms with Gasteiger partial charge in [-0.25, -0.2) is 0 Å². The number of nitrogens with zero attached hydrogens (tertiary/aromatic N) is 1. The van der Waals surface area contributed by atoms with Crippen molar-refractivity contribution in [1.82, 2.24) is 15.5 Å². The van der Waals surface area contributed by atoms with Crippen LogP contribution < -0.4 is 15.4 Å². The molecule has 1 aromatic carbocycles. The molecule has 1 aromatic rings. The fourth-order valence-electron chi connectivity index (χ4n) is 7.48. The number of carboxylic acid groups (broad SMARTS) is 1. The third-order valence-corrected chi connectivity index (χ3v) is 9.55. The van der Waals surface area contributed by atoms with Crippen LogP contribution in [0.4, 0.5) is 0 Å². The van der Waals surface area contributed by atoms with E-state index in [-0.39, 0.29) is 67.9 Å². The molecular weight excluding hydrogens is 634 g/mol. The lowest BCUT2D eigenvalue weighted by Gasteiger charge is -2.62. The van der Waals surface area contributed by atoms with Crippen LogP contribution in [-0.4, -0.2) is 117 Å². The number of likely N-dealkylation sites (tertiary alicyclic amines) is 1. The summed E-state index contributed by atoms with van der Waals surface area (Å²) in [6, 6.07) is 2.98. The summed E-state index contributed by atoms with van der Waals surface area (Å²) in [7, 11) is 1.91. The Bertz CT molecular complexity index is 1560. The third kappa shape index (κ3) is 6.22. The van der Waals surface area contributed by atoms with Crippen molar-refractivity contribution >= 4 is 35.5 Å². The molecule has 2 aliphatic heterocycles. The lowest BCUT2D eigenvalue weighted by Crippen LogP contribution is -2.75. The summed E-state index contributed by atoms with van der Waals surface area (Å²) in [5.74, 6) is -4.61. The number of Topliss-reactive ketones (excluding diaryl/α,β-unsaturated/α-hetero) is 1. The summed E-state index contributed by atoms with van der Waals surface area (Å²) < 4.78 is 18.5. The first kappa shape index (κ1) is 34.8. The number of aromatic hydroxyl groups is 1. The minimum Gasteiger partial charge on any atom is -0.504 e. The molecule has 0 radical (unpaired) electrons. The van der Waals surface area contributed by atoms with Crippen LogP contribution >= 0.6 is 0 Å². The predicted octanol–water partition coefficient (Wildman–Crippen LogP) is -1.05. The van der Waals surface area contributed by atoms with E-state index in [1.54, 1.807) is 12.1 Å². The van der Waals surface area contributed by atoms with Crippen molar-refractivity contribution in [3.63, 3.8) is 0 Å². The molecule has 6 N–H and O–H groups in total. The molecule has 1 fully saturated rings. The number of phenols is 1. The summed E-state index contributed by atoms with van der Waals surface area (Å²) in [5, 5.41) is 44.0. The molecule has 2 aliphatic carbocycles. The number of likely N-dealkylation sites (N-methyl/N-ethyl adjacent to an activating group) is 1. The van der Waals surface area contributed by atoms with Crippen molar-refractivity contribution in [2.24, 2.45) is 0 Å². The first-order valence-electron chi connectivity index (χ1n) is 15.7. The van der Waals surface area contributed by atoms with Gasteiger partial charge in [0.2, 0.25) is 11.8 Å². The molecule has 1 spiro atoms. The van der Waals surface area contributed by atoms with Crippen LogP contribution in [0, 0.1) is 0 Å². The smallest absolute Gasteiger partial charge is 0.312 e. The van der Waals surface area contributed by atoms with Gasteiger partial charge in [-0.2, -0.15) is 0 Å². The normalized spacial score (nSPS) is 26.1.